The Hall–Kier alpha value is -2.21. The highest BCUT2D eigenvalue weighted by molar-refractivity contribution is 5.98. The summed E-state index contributed by atoms with van der Waals surface area (Å²) in [5, 5.41) is 22.8. The first-order valence-corrected chi connectivity index (χ1v) is 14.4. The van der Waals surface area contributed by atoms with Gasteiger partial charge in [-0.15, -0.1) is 0 Å². The van der Waals surface area contributed by atoms with E-state index in [1.54, 1.807) is 12.1 Å². The second-order valence-corrected chi connectivity index (χ2v) is 10.9. The molecular formula is C30H48N3O3+. The number of unbranched alkanes of at least 4 members (excludes halogenated alkanes) is 11. The summed E-state index contributed by atoms with van der Waals surface area (Å²) in [5.41, 5.74) is 2.55. The first-order valence-electron chi connectivity index (χ1n) is 14.4. The van der Waals surface area contributed by atoms with Crippen LogP contribution in [0.2, 0.25) is 0 Å². The molecule has 2 heterocycles. The molecule has 0 saturated heterocycles. The van der Waals surface area contributed by atoms with Crippen molar-refractivity contribution < 1.29 is 14.6 Å². The number of benzene rings is 1. The lowest BCUT2D eigenvalue weighted by Crippen LogP contribution is -2.53. The Kier molecular flexibility index (Phi) is 11.0. The maximum atomic E-state index is 11.8. The summed E-state index contributed by atoms with van der Waals surface area (Å²) in [5.74, 6) is 1.14. The highest BCUT2D eigenvalue weighted by Gasteiger charge is 2.53. The minimum atomic E-state index is -0.883. The third-order valence-corrected chi connectivity index (χ3v) is 8.21. The first kappa shape index (κ1) is 28.4. The molecule has 1 atom stereocenters. The highest BCUT2D eigenvalue weighted by atomic mass is 16.6. The molecule has 200 valence electrons. The van der Waals surface area contributed by atoms with E-state index < -0.39 is 5.72 Å². The third-order valence-electron chi connectivity index (χ3n) is 8.21. The molecule has 0 bridgehead atoms. The number of nitrogens with zero attached hydrogens (tertiary/aromatic N) is 3. The summed E-state index contributed by atoms with van der Waals surface area (Å²) in [6, 6.07) is 6.84. The molecule has 0 aromatic heterocycles. The minimum Gasteiger partial charge on any atom is -0.350 e. The van der Waals surface area contributed by atoms with E-state index in [0.717, 1.165) is 49.3 Å². The number of amidine groups is 1. The summed E-state index contributed by atoms with van der Waals surface area (Å²) in [6.45, 7) is 8.99. The van der Waals surface area contributed by atoms with Gasteiger partial charge in [-0.05, 0) is 38.0 Å². The third kappa shape index (κ3) is 7.18. The maximum absolute atomic E-state index is 11.8. The number of nitro benzene ring substituents is 1. The van der Waals surface area contributed by atoms with Crippen molar-refractivity contribution in [2.75, 3.05) is 13.1 Å². The lowest BCUT2D eigenvalue weighted by atomic mass is 9.96. The van der Waals surface area contributed by atoms with Crippen LogP contribution in [0.4, 0.5) is 5.69 Å². The minimum absolute atomic E-state index is 0.122. The molecule has 0 aliphatic carbocycles. The predicted octanol–water partition coefficient (Wildman–Crippen LogP) is 7.34. The topological polar surface area (TPSA) is 69.6 Å². The van der Waals surface area contributed by atoms with Crippen molar-refractivity contribution in [1.82, 2.24) is 4.90 Å². The quantitative estimate of drug-likeness (QED) is 0.112. The fourth-order valence-electron chi connectivity index (χ4n) is 5.90. The number of hydrogen-bond donors (Lipinski definition) is 1. The molecule has 1 N–H and O–H groups in total. The van der Waals surface area contributed by atoms with Crippen LogP contribution < -0.4 is 0 Å². The SMILES string of the molecule is CCCCCCCCCCCCCCC1(O)C(C)=C(C)C2=[N+](Cc3ccc([N+](=O)[O-])cc3)CCCN21. The largest absolute Gasteiger partial charge is 0.350 e. The van der Waals surface area contributed by atoms with E-state index in [1.807, 2.05) is 12.1 Å². The van der Waals surface area contributed by atoms with Gasteiger partial charge in [0, 0.05) is 36.1 Å². The molecule has 6 heteroatoms. The van der Waals surface area contributed by atoms with E-state index >= 15 is 0 Å². The van der Waals surface area contributed by atoms with Crippen molar-refractivity contribution in [3.63, 3.8) is 0 Å². The molecular weight excluding hydrogens is 450 g/mol. The lowest BCUT2D eigenvalue weighted by molar-refractivity contribution is -0.554. The zero-order valence-corrected chi connectivity index (χ0v) is 22.9. The molecule has 0 fully saturated rings. The molecule has 6 nitrogen and oxygen atoms in total. The summed E-state index contributed by atoms with van der Waals surface area (Å²) >= 11 is 0. The summed E-state index contributed by atoms with van der Waals surface area (Å²) in [7, 11) is 0. The molecule has 0 saturated carbocycles. The van der Waals surface area contributed by atoms with Crippen molar-refractivity contribution in [2.45, 2.75) is 123 Å². The highest BCUT2D eigenvalue weighted by Crippen LogP contribution is 2.39. The van der Waals surface area contributed by atoms with E-state index in [0.29, 0.717) is 6.54 Å². The van der Waals surface area contributed by atoms with E-state index in [4.69, 9.17) is 0 Å². The second kappa shape index (κ2) is 13.9. The van der Waals surface area contributed by atoms with Gasteiger partial charge in [0.1, 0.15) is 6.54 Å². The molecule has 1 aromatic rings. The van der Waals surface area contributed by atoms with Crippen LogP contribution in [0.3, 0.4) is 0 Å². The van der Waals surface area contributed by atoms with Crippen LogP contribution in [-0.4, -0.2) is 44.2 Å². The van der Waals surface area contributed by atoms with Gasteiger partial charge in [-0.2, -0.15) is 0 Å². The van der Waals surface area contributed by atoms with Gasteiger partial charge < -0.3 is 5.11 Å². The Morgan fingerprint density at radius 2 is 1.50 bits per heavy atom. The van der Waals surface area contributed by atoms with Crippen LogP contribution >= 0.6 is 0 Å². The van der Waals surface area contributed by atoms with E-state index in [9.17, 15) is 15.2 Å². The van der Waals surface area contributed by atoms with Gasteiger partial charge in [-0.3, -0.25) is 14.7 Å². The average molecular weight is 499 g/mol. The number of hydrogen-bond acceptors (Lipinski definition) is 4. The fourth-order valence-corrected chi connectivity index (χ4v) is 5.90. The van der Waals surface area contributed by atoms with E-state index in [1.165, 1.54) is 76.2 Å². The molecule has 2 aliphatic rings. The summed E-state index contributed by atoms with van der Waals surface area (Å²) < 4.78 is 2.34. The van der Waals surface area contributed by atoms with Crippen molar-refractivity contribution in [3.8, 4) is 0 Å². The molecule has 1 unspecified atom stereocenters. The fraction of sp³-hybridized carbons (Fsp3) is 0.700. The van der Waals surface area contributed by atoms with Crippen LogP contribution in [0.15, 0.2) is 35.4 Å². The molecule has 3 rings (SSSR count). The molecule has 36 heavy (non-hydrogen) atoms. The van der Waals surface area contributed by atoms with Gasteiger partial charge in [0.25, 0.3) is 11.5 Å². The van der Waals surface area contributed by atoms with Gasteiger partial charge in [0.2, 0.25) is 5.72 Å². The Morgan fingerprint density at radius 1 is 0.944 bits per heavy atom. The first-order chi connectivity index (χ1) is 17.4. The summed E-state index contributed by atoms with van der Waals surface area (Å²) in [6.07, 6.45) is 17.6. The Morgan fingerprint density at radius 3 is 2.06 bits per heavy atom. The number of fused-ring (bicyclic) bond motifs is 1. The van der Waals surface area contributed by atoms with Crippen LogP contribution in [-0.2, 0) is 6.54 Å². The predicted molar refractivity (Wildman–Crippen MR) is 147 cm³/mol. The normalized spacial score (nSPS) is 19.8. The van der Waals surface area contributed by atoms with Crippen LogP contribution in [0, 0.1) is 10.1 Å². The van der Waals surface area contributed by atoms with Gasteiger partial charge in [0.15, 0.2) is 0 Å². The molecule has 1 aromatic carbocycles. The van der Waals surface area contributed by atoms with E-state index in [2.05, 4.69) is 30.2 Å². The van der Waals surface area contributed by atoms with Crippen LogP contribution in [0.1, 0.15) is 116 Å². The molecule has 0 spiro atoms. The van der Waals surface area contributed by atoms with Gasteiger partial charge >= 0.3 is 0 Å². The van der Waals surface area contributed by atoms with Crippen LogP contribution in [0.25, 0.3) is 0 Å². The van der Waals surface area contributed by atoms with Gasteiger partial charge in [-0.1, -0.05) is 77.6 Å². The molecule has 2 aliphatic heterocycles. The smallest absolute Gasteiger partial charge is 0.277 e. The van der Waals surface area contributed by atoms with Crippen LogP contribution in [0.5, 0.6) is 0 Å². The number of aliphatic hydroxyl groups is 1. The Labute approximate surface area is 218 Å². The lowest BCUT2D eigenvalue weighted by Gasteiger charge is -2.34. The molecule has 0 amide bonds. The standard InChI is InChI=1S/C30H48N3O3/c1-4-5-6-7-8-9-10-11-12-13-14-15-21-30(34)26(3)25(2)29-31(22-16-23-32(29)30)24-27-17-19-28(20-18-27)33(35)36/h17-20,34H,4-16,21-24H2,1-3H3/q+1. The number of nitro groups is 1. The number of rotatable bonds is 16. The Bertz CT molecular complexity index is 922. The van der Waals surface area contributed by atoms with Crippen molar-refractivity contribution >= 4 is 11.5 Å². The van der Waals surface area contributed by atoms with Gasteiger partial charge in [-0.25, -0.2) is 4.90 Å². The monoisotopic (exact) mass is 498 g/mol. The van der Waals surface area contributed by atoms with E-state index in [-0.39, 0.29) is 10.6 Å². The Balaban J connectivity index is 1.48. The maximum Gasteiger partial charge on any atom is 0.277 e. The zero-order chi connectivity index (χ0) is 26.0. The summed E-state index contributed by atoms with van der Waals surface area (Å²) in [4.78, 5) is 12.8. The van der Waals surface area contributed by atoms with Crippen molar-refractivity contribution in [2.24, 2.45) is 0 Å². The molecule has 0 radical (unpaired) electrons. The average Bonchev–Trinajstić information content (AvgIpc) is 3.07. The van der Waals surface area contributed by atoms with Crippen molar-refractivity contribution in [1.29, 1.82) is 0 Å². The number of non-ortho nitro benzene ring substituents is 1. The zero-order valence-electron chi connectivity index (χ0n) is 22.9. The van der Waals surface area contributed by atoms with Gasteiger partial charge in [0.05, 0.1) is 18.0 Å². The van der Waals surface area contributed by atoms with Crippen molar-refractivity contribution in [3.05, 3.63) is 51.1 Å². The second-order valence-electron chi connectivity index (χ2n) is 10.9.